The van der Waals surface area contributed by atoms with Crippen molar-refractivity contribution >= 4 is 5.97 Å². The van der Waals surface area contributed by atoms with E-state index in [1.165, 1.54) is 12.1 Å². The Hall–Kier alpha value is -1.46. The van der Waals surface area contributed by atoms with Gasteiger partial charge in [0.2, 0.25) is 0 Å². The Morgan fingerprint density at radius 2 is 2.00 bits per heavy atom. The second kappa shape index (κ2) is 7.17. The topological polar surface area (TPSA) is 49.8 Å². The van der Waals surface area contributed by atoms with Crippen LogP contribution in [0.4, 0.5) is 4.39 Å². The minimum atomic E-state index is -1.10. The second-order valence-electron chi connectivity index (χ2n) is 9.75. The van der Waals surface area contributed by atoms with Crippen LogP contribution in [0.1, 0.15) is 52.0 Å². The lowest BCUT2D eigenvalue weighted by molar-refractivity contribution is -0.143. The van der Waals surface area contributed by atoms with Crippen LogP contribution in [0.3, 0.4) is 0 Å². The van der Waals surface area contributed by atoms with Gasteiger partial charge in [-0.15, -0.1) is 0 Å². The molecule has 2 aliphatic rings. The summed E-state index contributed by atoms with van der Waals surface area (Å²) < 4.78 is 19.8. The normalized spacial score (nSPS) is 30.6. The van der Waals surface area contributed by atoms with Crippen LogP contribution in [0.2, 0.25) is 0 Å². The van der Waals surface area contributed by atoms with Gasteiger partial charge in [0.25, 0.3) is 0 Å². The number of ether oxygens (including phenoxy) is 1. The Labute approximate surface area is 161 Å². The lowest BCUT2D eigenvalue weighted by atomic mass is 9.66. The fourth-order valence-corrected chi connectivity index (χ4v) is 4.80. The summed E-state index contributed by atoms with van der Waals surface area (Å²) in [6.45, 7) is 6.03. The van der Waals surface area contributed by atoms with Gasteiger partial charge < -0.3 is 14.7 Å². The van der Waals surface area contributed by atoms with E-state index in [0.717, 1.165) is 25.8 Å². The van der Waals surface area contributed by atoms with Crippen molar-refractivity contribution in [3.05, 3.63) is 29.6 Å². The van der Waals surface area contributed by atoms with Gasteiger partial charge >= 0.3 is 5.97 Å². The lowest BCUT2D eigenvalue weighted by Gasteiger charge is -2.45. The summed E-state index contributed by atoms with van der Waals surface area (Å²) in [5, 5.41) is 11.7. The van der Waals surface area contributed by atoms with Crippen LogP contribution in [0.25, 0.3) is 0 Å². The number of halogens is 1. The Morgan fingerprint density at radius 1 is 1.30 bits per heavy atom. The van der Waals surface area contributed by atoms with Crippen molar-refractivity contribution in [2.45, 2.75) is 52.1 Å². The molecule has 2 fully saturated rings. The molecule has 2 bridgehead atoms. The van der Waals surface area contributed by atoms with E-state index >= 15 is 0 Å². The summed E-state index contributed by atoms with van der Waals surface area (Å²) in [4.78, 5) is 14.3. The van der Waals surface area contributed by atoms with Crippen LogP contribution in [-0.4, -0.2) is 36.6 Å². The van der Waals surface area contributed by atoms with E-state index in [-0.39, 0.29) is 11.7 Å². The molecule has 0 aromatic heterocycles. The molecule has 4 nitrogen and oxygen atoms in total. The number of nitrogens with zero attached hydrogens (tertiary/aromatic N) is 1. The van der Waals surface area contributed by atoms with E-state index < -0.39 is 22.8 Å². The van der Waals surface area contributed by atoms with Crippen molar-refractivity contribution in [3.63, 3.8) is 0 Å². The molecule has 1 aromatic rings. The number of hydrogen-bond donors (Lipinski definition) is 1. The number of benzene rings is 1. The number of hydrogen-bond acceptors (Lipinski definition) is 4. The molecule has 2 saturated carbocycles. The van der Waals surface area contributed by atoms with E-state index in [9.17, 15) is 14.3 Å². The van der Waals surface area contributed by atoms with Crippen molar-refractivity contribution in [2.75, 3.05) is 20.6 Å². The second-order valence-corrected chi connectivity index (χ2v) is 9.75. The first kappa shape index (κ1) is 20.3. The minimum Gasteiger partial charge on any atom is -0.426 e. The highest BCUT2D eigenvalue weighted by molar-refractivity contribution is 5.77. The molecule has 0 heterocycles. The number of carbonyl (C=O) groups excluding carboxylic acids is 1. The van der Waals surface area contributed by atoms with Gasteiger partial charge in [0.15, 0.2) is 0 Å². The van der Waals surface area contributed by atoms with Crippen molar-refractivity contribution in [1.82, 2.24) is 4.90 Å². The zero-order valence-electron chi connectivity index (χ0n) is 17.1. The molecule has 0 amide bonds. The number of fused-ring (bicyclic) bond motifs is 2. The maximum atomic E-state index is 14.4. The minimum absolute atomic E-state index is 0.0409. The van der Waals surface area contributed by atoms with Gasteiger partial charge in [-0.3, -0.25) is 4.79 Å². The Balaban J connectivity index is 1.96. The number of carbonyl (C=O) groups is 1. The molecule has 0 radical (unpaired) electrons. The summed E-state index contributed by atoms with van der Waals surface area (Å²) in [7, 11) is 4.01. The van der Waals surface area contributed by atoms with Crippen LogP contribution in [0.5, 0.6) is 5.75 Å². The van der Waals surface area contributed by atoms with Gasteiger partial charge in [0.1, 0.15) is 11.6 Å². The zero-order chi connectivity index (χ0) is 20.0. The third kappa shape index (κ3) is 4.19. The first-order valence-electron chi connectivity index (χ1n) is 9.89. The molecule has 0 aliphatic heterocycles. The number of aliphatic hydroxyl groups is 1. The third-order valence-electron chi connectivity index (χ3n) is 6.12. The molecule has 3 rings (SSSR count). The summed E-state index contributed by atoms with van der Waals surface area (Å²) >= 11 is 0. The van der Waals surface area contributed by atoms with Gasteiger partial charge in [0, 0.05) is 18.5 Å². The molecule has 1 N–H and O–H groups in total. The predicted molar refractivity (Wildman–Crippen MR) is 103 cm³/mol. The van der Waals surface area contributed by atoms with Crippen LogP contribution in [-0.2, 0) is 10.4 Å². The van der Waals surface area contributed by atoms with Crippen molar-refractivity contribution in [1.29, 1.82) is 0 Å². The molecule has 0 spiro atoms. The summed E-state index contributed by atoms with van der Waals surface area (Å²) in [5.74, 6) is 0.222. The summed E-state index contributed by atoms with van der Waals surface area (Å²) in [5.41, 5.74) is -1.25. The molecular formula is C22H32FNO3. The third-order valence-corrected chi connectivity index (χ3v) is 6.12. The summed E-state index contributed by atoms with van der Waals surface area (Å²) in [6, 6.07) is 4.27. The van der Waals surface area contributed by atoms with Crippen LogP contribution >= 0.6 is 0 Å². The van der Waals surface area contributed by atoms with E-state index in [1.54, 1.807) is 26.8 Å². The summed E-state index contributed by atoms with van der Waals surface area (Å²) in [6.07, 6.45) is 4.02. The van der Waals surface area contributed by atoms with E-state index in [2.05, 4.69) is 4.90 Å². The highest BCUT2D eigenvalue weighted by atomic mass is 19.1. The molecule has 0 saturated heterocycles. The molecule has 2 aliphatic carbocycles. The fourth-order valence-electron chi connectivity index (χ4n) is 4.80. The molecule has 150 valence electrons. The number of esters is 1. The Morgan fingerprint density at radius 3 is 2.63 bits per heavy atom. The van der Waals surface area contributed by atoms with Gasteiger partial charge in [0.05, 0.1) is 11.0 Å². The molecule has 27 heavy (non-hydrogen) atoms. The van der Waals surface area contributed by atoms with Gasteiger partial charge in [-0.25, -0.2) is 4.39 Å². The average molecular weight is 378 g/mol. The van der Waals surface area contributed by atoms with Crippen LogP contribution < -0.4 is 4.74 Å². The Bertz CT molecular complexity index is 712. The largest absolute Gasteiger partial charge is 0.426 e. The van der Waals surface area contributed by atoms with Gasteiger partial charge in [-0.1, -0.05) is 6.42 Å². The van der Waals surface area contributed by atoms with E-state index in [1.807, 2.05) is 14.1 Å². The monoisotopic (exact) mass is 377 g/mol. The van der Waals surface area contributed by atoms with Gasteiger partial charge in [-0.2, -0.15) is 0 Å². The Kier molecular flexibility index (Phi) is 5.39. The maximum absolute atomic E-state index is 14.4. The SMILES string of the molecule is CN(C)C[C@H]1C2CCC(C2)C[C@]1(O)c1cc(F)cc(OC(=O)C(C)(C)C)c1. The highest BCUT2D eigenvalue weighted by Crippen LogP contribution is 2.54. The van der Waals surface area contributed by atoms with Crippen LogP contribution in [0, 0.1) is 29.0 Å². The molecule has 2 unspecified atom stereocenters. The molecule has 5 heteroatoms. The van der Waals surface area contributed by atoms with E-state index in [0.29, 0.717) is 23.8 Å². The lowest BCUT2D eigenvalue weighted by Crippen LogP contribution is -2.47. The van der Waals surface area contributed by atoms with Crippen LogP contribution in [0.15, 0.2) is 18.2 Å². The quantitative estimate of drug-likeness (QED) is 0.637. The van der Waals surface area contributed by atoms with E-state index in [4.69, 9.17) is 4.74 Å². The average Bonchev–Trinajstić information content (AvgIpc) is 2.93. The zero-order valence-corrected chi connectivity index (χ0v) is 17.1. The highest BCUT2D eigenvalue weighted by Gasteiger charge is 2.51. The van der Waals surface area contributed by atoms with Gasteiger partial charge in [-0.05, 0) is 83.7 Å². The fraction of sp³-hybridized carbons (Fsp3) is 0.682. The number of rotatable bonds is 4. The smallest absolute Gasteiger partial charge is 0.316 e. The molecule has 1 aromatic carbocycles. The molecular weight excluding hydrogens is 345 g/mol. The first-order chi connectivity index (χ1) is 12.5. The van der Waals surface area contributed by atoms with Crippen molar-refractivity contribution in [3.8, 4) is 5.75 Å². The molecule has 4 atom stereocenters. The maximum Gasteiger partial charge on any atom is 0.316 e. The standard InChI is InChI=1S/C22H32FNO3/c1-21(2,3)20(25)27-18-10-16(9-17(23)11-18)22(26)12-14-6-7-15(8-14)19(22)13-24(4)5/h9-11,14-15,19,26H,6-8,12-13H2,1-5H3/t14?,15?,19-,22-/m0/s1. The predicted octanol–water partition coefficient (Wildman–Crippen LogP) is 3.96. The van der Waals surface area contributed by atoms with Crippen molar-refractivity contribution < 1.29 is 19.0 Å². The van der Waals surface area contributed by atoms with Crippen molar-refractivity contribution in [2.24, 2.45) is 23.2 Å². The first-order valence-corrected chi connectivity index (χ1v) is 9.89.